The van der Waals surface area contributed by atoms with E-state index in [0.717, 1.165) is 16.9 Å². The molecule has 0 aliphatic rings. The maximum absolute atomic E-state index is 11.2. The molecule has 4 heteroatoms. The predicted octanol–water partition coefficient (Wildman–Crippen LogP) is 1.70. The molecule has 2 N–H and O–H groups in total. The summed E-state index contributed by atoms with van der Waals surface area (Å²) in [5.74, 6) is 0.521. The van der Waals surface area contributed by atoms with Crippen molar-refractivity contribution in [2.75, 3.05) is 20.3 Å². The molecule has 0 aliphatic carbocycles. The second-order valence-corrected chi connectivity index (χ2v) is 5.46. The summed E-state index contributed by atoms with van der Waals surface area (Å²) in [5, 5.41) is 11.5. The van der Waals surface area contributed by atoms with Crippen LogP contribution in [0.3, 0.4) is 0 Å². The SMILES string of the molecule is COc1cc(C)c(C(C)(C)CNC(=O)CO)cc1C. The van der Waals surface area contributed by atoms with Crippen molar-refractivity contribution in [1.82, 2.24) is 5.32 Å². The van der Waals surface area contributed by atoms with Crippen LogP contribution in [-0.4, -0.2) is 31.3 Å². The zero-order valence-corrected chi connectivity index (χ0v) is 12.3. The van der Waals surface area contributed by atoms with Crippen molar-refractivity contribution < 1.29 is 14.6 Å². The predicted molar refractivity (Wildman–Crippen MR) is 75.6 cm³/mol. The molecule has 1 aromatic rings. The van der Waals surface area contributed by atoms with Gasteiger partial charge in [0.05, 0.1) is 7.11 Å². The highest BCUT2D eigenvalue weighted by atomic mass is 16.5. The van der Waals surface area contributed by atoms with Crippen LogP contribution < -0.4 is 10.1 Å². The molecular weight excluding hydrogens is 242 g/mol. The zero-order valence-electron chi connectivity index (χ0n) is 12.3. The van der Waals surface area contributed by atoms with E-state index >= 15 is 0 Å². The van der Waals surface area contributed by atoms with Crippen LogP contribution in [0.25, 0.3) is 0 Å². The van der Waals surface area contributed by atoms with Crippen molar-refractivity contribution in [3.8, 4) is 5.75 Å². The van der Waals surface area contributed by atoms with E-state index in [-0.39, 0.29) is 11.3 Å². The molecule has 0 saturated heterocycles. The third-order valence-corrected chi connectivity index (χ3v) is 3.34. The van der Waals surface area contributed by atoms with Gasteiger partial charge in [0.1, 0.15) is 12.4 Å². The summed E-state index contributed by atoms with van der Waals surface area (Å²) in [5.41, 5.74) is 3.17. The molecule has 19 heavy (non-hydrogen) atoms. The van der Waals surface area contributed by atoms with E-state index in [9.17, 15) is 4.79 Å². The molecular formula is C15H23NO3. The van der Waals surface area contributed by atoms with E-state index < -0.39 is 6.61 Å². The first-order valence-corrected chi connectivity index (χ1v) is 6.35. The van der Waals surface area contributed by atoms with Gasteiger partial charge >= 0.3 is 0 Å². The molecule has 0 aromatic heterocycles. The summed E-state index contributed by atoms with van der Waals surface area (Å²) >= 11 is 0. The van der Waals surface area contributed by atoms with Gasteiger partial charge in [0.15, 0.2) is 0 Å². The lowest BCUT2D eigenvalue weighted by molar-refractivity contribution is -0.124. The fourth-order valence-corrected chi connectivity index (χ4v) is 2.21. The van der Waals surface area contributed by atoms with Gasteiger partial charge in [-0.3, -0.25) is 4.79 Å². The smallest absolute Gasteiger partial charge is 0.245 e. The zero-order chi connectivity index (χ0) is 14.6. The monoisotopic (exact) mass is 265 g/mol. The molecule has 0 heterocycles. The minimum atomic E-state index is -0.475. The van der Waals surface area contributed by atoms with Gasteiger partial charge in [0.25, 0.3) is 0 Å². The molecule has 106 valence electrons. The van der Waals surface area contributed by atoms with Gasteiger partial charge in [0.2, 0.25) is 5.91 Å². The molecule has 1 aromatic carbocycles. The molecule has 0 radical (unpaired) electrons. The van der Waals surface area contributed by atoms with Gasteiger partial charge in [-0.25, -0.2) is 0 Å². The Morgan fingerprint density at radius 1 is 1.32 bits per heavy atom. The van der Waals surface area contributed by atoms with Crippen LogP contribution in [0.15, 0.2) is 12.1 Å². The standard InChI is InChI=1S/C15H23NO3/c1-10-7-13(19-5)11(2)6-12(10)15(3,4)9-16-14(18)8-17/h6-7,17H,8-9H2,1-5H3,(H,16,18). The van der Waals surface area contributed by atoms with Crippen LogP contribution >= 0.6 is 0 Å². The molecule has 0 aliphatic heterocycles. The van der Waals surface area contributed by atoms with E-state index in [1.165, 1.54) is 5.56 Å². The minimum absolute atomic E-state index is 0.202. The molecule has 1 amide bonds. The van der Waals surface area contributed by atoms with Crippen molar-refractivity contribution in [1.29, 1.82) is 0 Å². The molecule has 0 atom stereocenters. The Bertz CT molecular complexity index is 467. The number of hydrogen-bond acceptors (Lipinski definition) is 3. The number of amides is 1. The van der Waals surface area contributed by atoms with E-state index in [0.29, 0.717) is 6.54 Å². The fraction of sp³-hybridized carbons (Fsp3) is 0.533. The van der Waals surface area contributed by atoms with Gasteiger partial charge in [-0.1, -0.05) is 19.9 Å². The number of aliphatic hydroxyl groups excluding tert-OH is 1. The number of nitrogens with one attached hydrogen (secondary N) is 1. The number of benzene rings is 1. The number of rotatable bonds is 5. The molecule has 4 nitrogen and oxygen atoms in total. The van der Waals surface area contributed by atoms with E-state index in [1.54, 1.807) is 7.11 Å². The number of ether oxygens (including phenoxy) is 1. The van der Waals surface area contributed by atoms with Gasteiger partial charge in [0, 0.05) is 12.0 Å². The Kier molecular flexibility index (Phi) is 4.95. The first-order valence-electron chi connectivity index (χ1n) is 6.35. The highest BCUT2D eigenvalue weighted by Gasteiger charge is 2.24. The average Bonchev–Trinajstić information content (AvgIpc) is 2.38. The second kappa shape index (κ2) is 6.06. The van der Waals surface area contributed by atoms with E-state index in [4.69, 9.17) is 9.84 Å². The molecule has 1 rings (SSSR count). The number of carbonyl (C=O) groups excluding carboxylic acids is 1. The highest BCUT2D eigenvalue weighted by Crippen LogP contribution is 2.31. The minimum Gasteiger partial charge on any atom is -0.496 e. The normalized spacial score (nSPS) is 11.3. The van der Waals surface area contributed by atoms with Crippen LogP contribution in [0.2, 0.25) is 0 Å². The molecule has 0 spiro atoms. The summed E-state index contributed by atoms with van der Waals surface area (Å²) in [7, 11) is 1.66. The Labute approximate surface area is 114 Å². The van der Waals surface area contributed by atoms with E-state index in [2.05, 4.69) is 25.2 Å². The first-order chi connectivity index (χ1) is 8.81. The van der Waals surface area contributed by atoms with Gasteiger partial charge < -0.3 is 15.2 Å². The van der Waals surface area contributed by atoms with Crippen LogP contribution in [0.1, 0.15) is 30.5 Å². The summed E-state index contributed by atoms with van der Waals surface area (Å²) < 4.78 is 5.31. The number of aliphatic hydroxyl groups is 1. The number of carbonyl (C=O) groups is 1. The van der Waals surface area contributed by atoms with Gasteiger partial charge in [-0.05, 0) is 36.6 Å². The Morgan fingerprint density at radius 2 is 1.95 bits per heavy atom. The van der Waals surface area contributed by atoms with Gasteiger partial charge in [-0.2, -0.15) is 0 Å². The summed E-state index contributed by atoms with van der Waals surface area (Å²) in [6.45, 7) is 8.19. The quantitative estimate of drug-likeness (QED) is 0.852. The third-order valence-electron chi connectivity index (χ3n) is 3.34. The average molecular weight is 265 g/mol. The molecule has 0 saturated carbocycles. The van der Waals surface area contributed by atoms with Crippen molar-refractivity contribution in [2.45, 2.75) is 33.1 Å². The number of hydrogen-bond donors (Lipinski definition) is 2. The molecule has 0 bridgehead atoms. The Hall–Kier alpha value is -1.55. The third kappa shape index (κ3) is 3.70. The van der Waals surface area contributed by atoms with Crippen molar-refractivity contribution in [3.63, 3.8) is 0 Å². The second-order valence-electron chi connectivity index (χ2n) is 5.46. The fourth-order valence-electron chi connectivity index (χ4n) is 2.21. The Morgan fingerprint density at radius 3 is 2.47 bits per heavy atom. The number of methoxy groups -OCH3 is 1. The lowest BCUT2D eigenvalue weighted by atomic mass is 9.81. The maximum atomic E-state index is 11.2. The summed E-state index contributed by atoms with van der Waals surface area (Å²) in [4.78, 5) is 11.2. The van der Waals surface area contributed by atoms with Crippen molar-refractivity contribution in [2.24, 2.45) is 0 Å². The highest BCUT2D eigenvalue weighted by molar-refractivity contribution is 5.77. The van der Waals surface area contributed by atoms with Crippen molar-refractivity contribution >= 4 is 5.91 Å². The number of aryl methyl sites for hydroxylation is 2. The summed E-state index contributed by atoms with van der Waals surface area (Å²) in [6, 6.07) is 4.11. The van der Waals surface area contributed by atoms with Gasteiger partial charge in [-0.15, -0.1) is 0 Å². The van der Waals surface area contributed by atoms with Crippen LogP contribution in [0, 0.1) is 13.8 Å². The lowest BCUT2D eigenvalue weighted by Crippen LogP contribution is -2.38. The first kappa shape index (κ1) is 15.5. The summed E-state index contributed by atoms with van der Waals surface area (Å²) in [6.07, 6.45) is 0. The van der Waals surface area contributed by atoms with Crippen LogP contribution in [0.4, 0.5) is 0 Å². The largest absolute Gasteiger partial charge is 0.496 e. The van der Waals surface area contributed by atoms with Crippen molar-refractivity contribution in [3.05, 3.63) is 28.8 Å². The van der Waals surface area contributed by atoms with Crippen LogP contribution in [0.5, 0.6) is 5.75 Å². The molecule has 0 fully saturated rings. The molecule has 0 unspecified atom stereocenters. The topological polar surface area (TPSA) is 58.6 Å². The maximum Gasteiger partial charge on any atom is 0.245 e. The Balaban J connectivity index is 3.00. The van der Waals surface area contributed by atoms with Crippen LogP contribution in [-0.2, 0) is 10.2 Å². The van der Waals surface area contributed by atoms with E-state index in [1.807, 2.05) is 19.9 Å². The lowest BCUT2D eigenvalue weighted by Gasteiger charge is -2.28.